The first-order valence-corrected chi connectivity index (χ1v) is 6.30. The van der Waals surface area contributed by atoms with Crippen LogP contribution in [0.2, 0.25) is 0 Å². The fourth-order valence-corrected chi connectivity index (χ4v) is 2.26. The second-order valence-corrected chi connectivity index (χ2v) is 5.14. The van der Waals surface area contributed by atoms with Gasteiger partial charge in [0.05, 0.1) is 12.7 Å². The van der Waals surface area contributed by atoms with Crippen LogP contribution in [-0.4, -0.2) is 24.4 Å². The Labute approximate surface area is 110 Å². The van der Waals surface area contributed by atoms with Crippen molar-refractivity contribution in [2.45, 2.75) is 46.3 Å². The number of methoxy groups -OCH3 is 1. The molecule has 0 saturated heterocycles. The molecule has 1 unspecified atom stereocenters. The Morgan fingerprint density at radius 1 is 1.28 bits per heavy atom. The third kappa shape index (κ3) is 3.03. The molecule has 1 aromatic carbocycles. The SMILES string of the molecule is CCOC(C)(C)C(O)c1c(C)cc(C)cc1OC. The highest BCUT2D eigenvalue weighted by molar-refractivity contribution is 5.45. The lowest BCUT2D eigenvalue weighted by atomic mass is 9.90. The summed E-state index contributed by atoms with van der Waals surface area (Å²) < 4.78 is 11.0. The number of benzene rings is 1. The third-order valence-electron chi connectivity index (χ3n) is 3.16. The van der Waals surface area contributed by atoms with Crippen LogP contribution < -0.4 is 4.74 Å². The molecule has 1 N–H and O–H groups in total. The van der Waals surface area contributed by atoms with Gasteiger partial charge in [-0.3, -0.25) is 0 Å². The fraction of sp³-hybridized carbons (Fsp3) is 0.600. The van der Waals surface area contributed by atoms with Crippen molar-refractivity contribution in [3.05, 3.63) is 28.8 Å². The average molecular weight is 252 g/mol. The number of ether oxygens (including phenoxy) is 2. The maximum absolute atomic E-state index is 10.6. The lowest BCUT2D eigenvalue weighted by Gasteiger charge is -2.32. The molecule has 0 spiro atoms. The number of hydrogen-bond acceptors (Lipinski definition) is 3. The maximum Gasteiger partial charge on any atom is 0.125 e. The molecule has 1 aromatic rings. The fourth-order valence-electron chi connectivity index (χ4n) is 2.26. The lowest BCUT2D eigenvalue weighted by molar-refractivity contribution is -0.0991. The van der Waals surface area contributed by atoms with E-state index in [0.29, 0.717) is 12.4 Å². The van der Waals surface area contributed by atoms with Crippen LogP contribution in [0.3, 0.4) is 0 Å². The van der Waals surface area contributed by atoms with E-state index in [1.54, 1.807) is 7.11 Å². The third-order valence-corrected chi connectivity index (χ3v) is 3.16. The van der Waals surface area contributed by atoms with Crippen molar-refractivity contribution in [1.82, 2.24) is 0 Å². The van der Waals surface area contributed by atoms with E-state index in [1.165, 1.54) is 0 Å². The molecule has 3 heteroatoms. The molecule has 0 aliphatic rings. The minimum absolute atomic E-state index is 0.567. The van der Waals surface area contributed by atoms with E-state index in [1.807, 2.05) is 46.8 Å². The van der Waals surface area contributed by atoms with Gasteiger partial charge in [-0.05, 0) is 51.8 Å². The molecule has 0 bridgehead atoms. The summed E-state index contributed by atoms with van der Waals surface area (Å²) in [5.41, 5.74) is 2.31. The van der Waals surface area contributed by atoms with E-state index in [9.17, 15) is 5.11 Å². The molecule has 1 rings (SSSR count). The summed E-state index contributed by atoms with van der Waals surface area (Å²) in [6.07, 6.45) is -0.715. The summed E-state index contributed by atoms with van der Waals surface area (Å²) in [4.78, 5) is 0. The Bertz CT molecular complexity index is 410. The Kier molecular flexibility index (Phi) is 4.77. The molecule has 0 heterocycles. The first kappa shape index (κ1) is 15.0. The predicted molar refractivity (Wildman–Crippen MR) is 73.1 cm³/mol. The minimum atomic E-state index is -0.715. The van der Waals surface area contributed by atoms with Gasteiger partial charge < -0.3 is 14.6 Å². The Morgan fingerprint density at radius 2 is 1.89 bits per heavy atom. The van der Waals surface area contributed by atoms with E-state index in [0.717, 1.165) is 16.7 Å². The molecule has 0 fully saturated rings. The van der Waals surface area contributed by atoms with Crippen LogP contribution in [-0.2, 0) is 4.74 Å². The highest BCUT2D eigenvalue weighted by Gasteiger charge is 2.32. The minimum Gasteiger partial charge on any atom is -0.496 e. The highest BCUT2D eigenvalue weighted by Crippen LogP contribution is 2.37. The number of rotatable bonds is 5. The quantitative estimate of drug-likeness (QED) is 0.875. The van der Waals surface area contributed by atoms with Crippen LogP contribution in [0.5, 0.6) is 5.75 Å². The molecule has 0 radical (unpaired) electrons. The van der Waals surface area contributed by atoms with Crippen LogP contribution in [0.1, 0.15) is 43.6 Å². The van der Waals surface area contributed by atoms with Crippen molar-refractivity contribution in [1.29, 1.82) is 0 Å². The van der Waals surface area contributed by atoms with Gasteiger partial charge in [0.2, 0.25) is 0 Å². The molecule has 0 aliphatic carbocycles. The van der Waals surface area contributed by atoms with E-state index < -0.39 is 11.7 Å². The monoisotopic (exact) mass is 252 g/mol. The van der Waals surface area contributed by atoms with Gasteiger partial charge in [-0.2, -0.15) is 0 Å². The maximum atomic E-state index is 10.6. The van der Waals surface area contributed by atoms with Gasteiger partial charge >= 0.3 is 0 Å². The van der Waals surface area contributed by atoms with Gasteiger partial charge in [-0.25, -0.2) is 0 Å². The number of aliphatic hydroxyl groups is 1. The second kappa shape index (κ2) is 5.72. The van der Waals surface area contributed by atoms with Gasteiger partial charge in [0.1, 0.15) is 11.9 Å². The van der Waals surface area contributed by atoms with Crippen molar-refractivity contribution in [3.63, 3.8) is 0 Å². The molecule has 0 amide bonds. The van der Waals surface area contributed by atoms with Crippen LogP contribution in [0.25, 0.3) is 0 Å². The van der Waals surface area contributed by atoms with E-state index in [2.05, 4.69) is 0 Å². The van der Waals surface area contributed by atoms with Gasteiger partial charge in [0, 0.05) is 12.2 Å². The van der Waals surface area contributed by atoms with Crippen LogP contribution in [0.15, 0.2) is 12.1 Å². The number of aliphatic hydroxyl groups excluding tert-OH is 1. The molecule has 0 aliphatic heterocycles. The summed E-state index contributed by atoms with van der Waals surface area (Å²) in [5.74, 6) is 0.716. The first-order chi connectivity index (χ1) is 8.33. The summed E-state index contributed by atoms with van der Waals surface area (Å²) in [7, 11) is 1.62. The molecular formula is C15H24O3. The summed E-state index contributed by atoms with van der Waals surface area (Å²) >= 11 is 0. The highest BCUT2D eigenvalue weighted by atomic mass is 16.5. The summed E-state index contributed by atoms with van der Waals surface area (Å²) in [6.45, 7) is 10.3. The largest absolute Gasteiger partial charge is 0.496 e. The molecule has 0 aromatic heterocycles. The van der Waals surface area contributed by atoms with E-state index in [4.69, 9.17) is 9.47 Å². The van der Waals surface area contributed by atoms with Crippen molar-refractivity contribution < 1.29 is 14.6 Å². The zero-order chi connectivity index (χ0) is 13.9. The zero-order valence-electron chi connectivity index (χ0n) is 12.2. The van der Waals surface area contributed by atoms with E-state index >= 15 is 0 Å². The number of aryl methyl sites for hydroxylation is 2. The smallest absolute Gasteiger partial charge is 0.125 e. The topological polar surface area (TPSA) is 38.7 Å². The first-order valence-electron chi connectivity index (χ1n) is 6.30. The lowest BCUT2D eigenvalue weighted by Crippen LogP contribution is -2.33. The Balaban J connectivity index is 3.23. The average Bonchev–Trinajstić information content (AvgIpc) is 2.27. The Morgan fingerprint density at radius 3 is 2.39 bits per heavy atom. The normalized spacial score (nSPS) is 13.5. The molecule has 1 atom stereocenters. The van der Waals surface area contributed by atoms with Crippen LogP contribution in [0, 0.1) is 13.8 Å². The number of hydrogen-bond donors (Lipinski definition) is 1. The predicted octanol–water partition coefficient (Wildman–Crippen LogP) is 3.16. The van der Waals surface area contributed by atoms with Crippen LogP contribution >= 0.6 is 0 Å². The Hall–Kier alpha value is -1.06. The van der Waals surface area contributed by atoms with Gasteiger partial charge in [-0.15, -0.1) is 0 Å². The van der Waals surface area contributed by atoms with Crippen molar-refractivity contribution >= 4 is 0 Å². The molecule has 18 heavy (non-hydrogen) atoms. The van der Waals surface area contributed by atoms with Crippen molar-refractivity contribution in [2.24, 2.45) is 0 Å². The zero-order valence-corrected chi connectivity index (χ0v) is 12.2. The standard InChI is InChI=1S/C15H24O3/c1-7-18-15(4,5)14(16)13-11(3)8-10(2)9-12(13)17-6/h8-9,14,16H,7H2,1-6H3. The molecule has 102 valence electrons. The van der Waals surface area contributed by atoms with Gasteiger partial charge in [0.25, 0.3) is 0 Å². The van der Waals surface area contributed by atoms with E-state index in [-0.39, 0.29) is 0 Å². The van der Waals surface area contributed by atoms with Crippen LogP contribution in [0.4, 0.5) is 0 Å². The van der Waals surface area contributed by atoms with Gasteiger partial charge in [-0.1, -0.05) is 6.07 Å². The second-order valence-electron chi connectivity index (χ2n) is 5.14. The molecule has 0 saturated carbocycles. The molecular weight excluding hydrogens is 228 g/mol. The van der Waals surface area contributed by atoms with Gasteiger partial charge in [0.15, 0.2) is 0 Å². The van der Waals surface area contributed by atoms with Crippen molar-refractivity contribution in [2.75, 3.05) is 13.7 Å². The molecule has 3 nitrogen and oxygen atoms in total. The summed E-state index contributed by atoms with van der Waals surface area (Å²) in [6, 6.07) is 3.98. The van der Waals surface area contributed by atoms with Crippen molar-refractivity contribution in [3.8, 4) is 5.75 Å². The summed E-state index contributed by atoms with van der Waals surface area (Å²) in [5, 5.41) is 10.6.